The van der Waals surface area contributed by atoms with Crippen molar-refractivity contribution < 1.29 is 19.1 Å². The molecule has 0 atom stereocenters. The van der Waals surface area contributed by atoms with Crippen molar-refractivity contribution in [1.29, 1.82) is 0 Å². The van der Waals surface area contributed by atoms with Gasteiger partial charge in [0.05, 0.1) is 6.26 Å². The molecule has 0 saturated carbocycles. The first-order chi connectivity index (χ1) is 8.68. The molecule has 0 aliphatic heterocycles. The quantitative estimate of drug-likeness (QED) is 0.659. The maximum absolute atomic E-state index is 11.4. The number of unbranched alkanes of at least 4 members (excludes halogenated alkanes) is 2. The molecule has 1 rings (SSSR count). The van der Waals surface area contributed by atoms with Crippen molar-refractivity contribution in [2.45, 2.75) is 38.5 Å². The van der Waals surface area contributed by atoms with Gasteiger partial charge in [0.1, 0.15) is 5.76 Å². The summed E-state index contributed by atoms with van der Waals surface area (Å²) >= 11 is 0. The third-order valence-electron chi connectivity index (χ3n) is 2.57. The lowest BCUT2D eigenvalue weighted by molar-refractivity contribution is -0.137. The molecule has 0 bridgehead atoms. The van der Waals surface area contributed by atoms with Crippen LogP contribution in [0.2, 0.25) is 0 Å². The van der Waals surface area contributed by atoms with E-state index in [1.807, 2.05) is 6.07 Å². The number of hydrogen-bond acceptors (Lipinski definition) is 3. The molecule has 0 aromatic carbocycles. The number of carboxylic acids is 1. The molecule has 100 valence electrons. The summed E-state index contributed by atoms with van der Waals surface area (Å²) in [6.45, 7) is 0.608. The number of carbonyl (C=O) groups excluding carboxylic acids is 1. The zero-order chi connectivity index (χ0) is 13.2. The fourth-order valence-electron chi connectivity index (χ4n) is 1.59. The van der Waals surface area contributed by atoms with Gasteiger partial charge in [0.15, 0.2) is 0 Å². The Labute approximate surface area is 106 Å². The largest absolute Gasteiger partial charge is 0.481 e. The first kappa shape index (κ1) is 14.3. The molecular formula is C13H19NO4. The molecule has 5 nitrogen and oxygen atoms in total. The Hall–Kier alpha value is -1.78. The minimum Gasteiger partial charge on any atom is -0.481 e. The van der Waals surface area contributed by atoms with E-state index >= 15 is 0 Å². The van der Waals surface area contributed by atoms with Crippen LogP contribution in [0.5, 0.6) is 0 Å². The van der Waals surface area contributed by atoms with Crippen molar-refractivity contribution in [2.75, 3.05) is 6.54 Å². The Balaban J connectivity index is 1.95. The zero-order valence-electron chi connectivity index (χ0n) is 10.4. The summed E-state index contributed by atoms with van der Waals surface area (Å²) < 4.78 is 5.13. The summed E-state index contributed by atoms with van der Waals surface area (Å²) in [4.78, 5) is 21.7. The molecule has 0 unspecified atom stereocenters. The highest BCUT2D eigenvalue weighted by atomic mass is 16.4. The van der Waals surface area contributed by atoms with Crippen LogP contribution in [-0.2, 0) is 16.0 Å². The molecule has 1 heterocycles. The average Bonchev–Trinajstić information content (AvgIpc) is 2.83. The summed E-state index contributed by atoms with van der Waals surface area (Å²) in [6, 6.07) is 3.65. The highest BCUT2D eigenvalue weighted by Crippen LogP contribution is 2.03. The molecule has 1 amide bonds. The van der Waals surface area contributed by atoms with Gasteiger partial charge < -0.3 is 14.8 Å². The van der Waals surface area contributed by atoms with Crippen LogP contribution < -0.4 is 5.32 Å². The first-order valence-corrected chi connectivity index (χ1v) is 6.19. The number of furan rings is 1. The highest BCUT2D eigenvalue weighted by molar-refractivity contribution is 5.76. The molecule has 0 aliphatic rings. The number of aliphatic carboxylic acids is 1. The van der Waals surface area contributed by atoms with Crippen LogP contribution in [0.25, 0.3) is 0 Å². The van der Waals surface area contributed by atoms with Gasteiger partial charge in [0.2, 0.25) is 5.91 Å². The van der Waals surface area contributed by atoms with Crippen molar-refractivity contribution in [3.63, 3.8) is 0 Å². The molecule has 5 heteroatoms. The van der Waals surface area contributed by atoms with Crippen molar-refractivity contribution in [3.05, 3.63) is 24.2 Å². The lowest BCUT2D eigenvalue weighted by Crippen LogP contribution is -2.24. The number of nitrogens with one attached hydrogen (secondary N) is 1. The fraction of sp³-hybridized carbons (Fsp3) is 0.538. The van der Waals surface area contributed by atoms with E-state index in [1.54, 1.807) is 12.3 Å². The van der Waals surface area contributed by atoms with Gasteiger partial charge in [0.25, 0.3) is 0 Å². The number of rotatable bonds is 9. The van der Waals surface area contributed by atoms with Crippen LogP contribution in [0.15, 0.2) is 22.8 Å². The Morgan fingerprint density at radius 2 is 2.06 bits per heavy atom. The molecule has 1 aromatic rings. The average molecular weight is 253 g/mol. The van der Waals surface area contributed by atoms with E-state index in [2.05, 4.69) is 5.32 Å². The van der Waals surface area contributed by atoms with Gasteiger partial charge in [-0.25, -0.2) is 0 Å². The Morgan fingerprint density at radius 3 is 2.72 bits per heavy atom. The number of amides is 1. The minimum atomic E-state index is -0.766. The number of hydrogen-bond donors (Lipinski definition) is 2. The molecular weight excluding hydrogens is 234 g/mol. The second-order valence-corrected chi connectivity index (χ2v) is 4.13. The third kappa shape index (κ3) is 6.73. The maximum Gasteiger partial charge on any atom is 0.303 e. The highest BCUT2D eigenvalue weighted by Gasteiger charge is 2.03. The SMILES string of the molecule is O=C(O)CCCCCNC(=O)CCc1ccco1. The Morgan fingerprint density at radius 1 is 1.22 bits per heavy atom. The van der Waals surface area contributed by atoms with Gasteiger partial charge in [-0.05, 0) is 25.0 Å². The number of carbonyl (C=O) groups is 2. The molecule has 1 aromatic heterocycles. The van der Waals surface area contributed by atoms with Crippen LogP contribution in [0.3, 0.4) is 0 Å². The second kappa shape index (κ2) is 8.33. The standard InChI is InChI=1S/C13H19NO4/c15-12(8-7-11-5-4-10-18-11)14-9-3-1-2-6-13(16)17/h4-5,10H,1-3,6-9H2,(H,14,15)(H,16,17). The molecule has 18 heavy (non-hydrogen) atoms. The van der Waals surface area contributed by atoms with Crippen molar-refractivity contribution in [2.24, 2.45) is 0 Å². The van der Waals surface area contributed by atoms with E-state index in [0.717, 1.165) is 18.6 Å². The summed E-state index contributed by atoms with van der Waals surface area (Å²) in [5.41, 5.74) is 0. The van der Waals surface area contributed by atoms with Gasteiger partial charge in [0, 0.05) is 25.8 Å². The summed E-state index contributed by atoms with van der Waals surface area (Å²) in [5, 5.41) is 11.2. The molecule has 0 aliphatic carbocycles. The summed E-state index contributed by atoms with van der Waals surface area (Å²) in [6.07, 6.45) is 5.13. The lowest BCUT2D eigenvalue weighted by Gasteiger charge is -2.03. The van der Waals surface area contributed by atoms with Crippen molar-refractivity contribution in [1.82, 2.24) is 5.32 Å². The Kier molecular flexibility index (Phi) is 6.61. The summed E-state index contributed by atoms with van der Waals surface area (Å²) in [5.74, 6) is 0.0497. The van der Waals surface area contributed by atoms with Gasteiger partial charge >= 0.3 is 5.97 Å². The van der Waals surface area contributed by atoms with Crippen molar-refractivity contribution >= 4 is 11.9 Å². The predicted octanol–water partition coefficient (Wildman–Crippen LogP) is 1.97. The lowest BCUT2D eigenvalue weighted by atomic mass is 10.2. The smallest absolute Gasteiger partial charge is 0.303 e. The van der Waals surface area contributed by atoms with E-state index in [1.165, 1.54) is 0 Å². The Bertz CT molecular complexity index is 359. The van der Waals surface area contributed by atoms with E-state index in [0.29, 0.717) is 25.8 Å². The molecule has 2 N–H and O–H groups in total. The molecule has 0 spiro atoms. The van der Waals surface area contributed by atoms with Crippen LogP contribution in [-0.4, -0.2) is 23.5 Å². The molecule has 0 saturated heterocycles. The predicted molar refractivity (Wildman–Crippen MR) is 66.1 cm³/mol. The van der Waals surface area contributed by atoms with E-state index < -0.39 is 5.97 Å². The molecule has 0 fully saturated rings. The normalized spacial score (nSPS) is 10.2. The first-order valence-electron chi connectivity index (χ1n) is 6.19. The minimum absolute atomic E-state index is 0.00429. The van der Waals surface area contributed by atoms with E-state index in [4.69, 9.17) is 9.52 Å². The third-order valence-corrected chi connectivity index (χ3v) is 2.57. The van der Waals surface area contributed by atoms with Crippen molar-refractivity contribution in [3.8, 4) is 0 Å². The number of carboxylic acid groups (broad SMARTS) is 1. The van der Waals surface area contributed by atoms with Crippen LogP contribution in [0.4, 0.5) is 0 Å². The second-order valence-electron chi connectivity index (χ2n) is 4.13. The maximum atomic E-state index is 11.4. The zero-order valence-corrected chi connectivity index (χ0v) is 10.4. The van der Waals surface area contributed by atoms with Crippen LogP contribution in [0, 0.1) is 0 Å². The van der Waals surface area contributed by atoms with Crippen LogP contribution in [0.1, 0.15) is 37.9 Å². The topological polar surface area (TPSA) is 79.5 Å². The monoisotopic (exact) mass is 253 g/mol. The van der Waals surface area contributed by atoms with Crippen LogP contribution >= 0.6 is 0 Å². The summed E-state index contributed by atoms with van der Waals surface area (Å²) in [7, 11) is 0. The van der Waals surface area contributed by atoms with E-state index in [9.17, 15) is 9.59 Å². The number of aryl methyl sites for hydroxylation is 1. The van der Waals surface area contributed by atoms with Gasteiger partial charge in [-0.15, -0.1) is 0 Å². The fourth-order valence-corrected chi connectivity index (χ4v) is 1.59. The van der Waals surface area contributed by atoms with Gasteiger partial charge in [-0.2, -0.15) is 0 Å². The van der Waals surface area contributed by atoms with Gasteiger partial charge in [-0.1, -0.05) is 6.42 Å². The van der Waals surface area contributed by atoms with E-state index in [-0.39, 0.29) is 12.3 Å². The molecule has 0 radical (unpaired) electrons. The van der Waals surface area contributed by atoms with Gasteiger partial charge in [-0.3, -0.25) is 9.59 Å².